The molecule has 2 N–H and O–H groups in total. The zero-order valence-corrected chi connectivity index (χ0v) is 19.1. The predicted molar refractivity (Wildman–Crippen MR) is 122 cm³/mol. The first-order chi connectivity index (χ1) is 14.6. The van der Waals surface area contributed by atoms with Gasteiger partial charge in [0.15, 0.2) is 0 Å². The van der Waals surface area contributed by atoms with Gasteiger partial charge in [0.2, 0.25) is 15.9 Å². The number of carbonyl (C=O) groups is 2. The fourth-order valence-corrected chi connectivity index (χ4v) is 3.96. The molecule has 0 aromatic heterocycles. The third kappa shape index (κ3) is 7.37. The highest BCUT2D eigenvalue weighted by atomic mass is 32.2. The molecule has 0 unspecified atom stereocenters. The monoisotopic (exact) mass is 447 g/mol. The van der Waals surface area contributed by atoms with Crippen LogP contribution < -0.4 is 14.9 Å². The minimum atomic E-state index is -3.70. The highest BCUT2D eigenvalue weighted by Crippen LogP contribution is 2.22. The number of nitrogens with zero attached hydrogens (tertiary/aromatic N) is 1. The third-order valence-corrected chi connectivity index (χ3v) is 5.58. The van der Waals surface area contributed by atoms with Gasteiger partial charge in [0, 0.05) is 20.3 Å². The summed E-state index contributed by atoms with van der Waals surface area (Å²) in [6.07, 6.45) is 1.72. The molecule has 0 bridgehead atoms. The molecule has 0 aliphatic rings. The summed E-state index contributed by atoms with van der Waals surface area (Å²) in [5.41, 5.74) is 2.80. The van der Waals surface area contributed by atoms with Gasteiger partial charge in [-0.3, -0.25) is 13.9 Å². The summed E-state index contributed by atoms with van der Waals surface area (Å²) in [4.78, 5) is 25.2. The van der Waals surface area contributed by atoms with Gasteiger partial charge < -0.3 is 15.4 Å². The summed E-state index contributed by atoms with van der Waals surface area (Å²) in [7, 11) is -2.11. The van der Waals surface area contributed by atoms with E-state index in [1.807, 2.05) is 19.9 Å². The smallest absolute Gasteiger partial charge is 0.253 e. The van der Waals surface area contributed by atoms with Crippen molar-refractivity contribution in [2.75, 3.05) is 42.7 Å². The Morgan fingerprint density at radius 3 is 2.32 bits per heavy atom. The van der Waals surface area contributed by atoms with Crippen molar-refractivity contribution in [3.05, 3.63) is 59.2 Å². The predicted octanol–water partition coefficient (Wildman–Crippen LogP) is 2.47. The van der Waals surface area contributed by atoms with Crippen molar-refractivity contribution in [3.8, 4) is 0 Å². The molecule has 0 aliphatic heterocycles. The van der Waals surface area contributed by atoms with E-state index in [0.717, 1.165) is 21.7 Å². The lowest BCUT2D eigenvalue weighted by molar-refractivity contribution is -0.114. The van der Waals surface area contributed by atoms with Crippen LogP contribution in [-0.4, -0.2) is 53.3 Å². The Morgan fingerprint density at radius 2 is 1.71 bits per heavy atom. The molecular weight excluding hydrogens is 418 g/mol. The largest absolute Gasteiger partial charge is 0.385 e. The molecular formula is C22H29N3O5S. The summed E-state index contributed by atoms with van der Waals surface area (Å²) in [5, 5.41) is 5.44. The molecule has 0 saturated carbocycles. The van der Waals surface area contributed by atoms with Crippen molar-refractivity contribution in [1.29, 1.82) is 0 Å². The number of amides is 2. The quantitative estimate of drug-likeness (QED) is 0.545. The fraction of sp³-hybridized carbons (Fsp3) is 0.364. The number of benzene rings is 2. The number of methoxy groups -OCH3 is 1. The summed E-state index contributed by atoms with van der Waals surface area (Å²) in [6.45, 7) is 4.27. The van der Waals surface area contributed by atoms with E-state index in [4.69, 9.17) is 4.74 Å². The van der Waals surface area contributed by atoms with Gasteiger partial charge in [-0.15, -0.1) is 0 Å². The van der Waals surface area contributed by atoms with Gasteiger partial charge in [-0.2, -0.15) is 0 Å². The van der Waals surface area contributed by atoms with E-state index in [2.05, 4.69) is 10.6 Å². The third-order valence-electron chi connectivity index (χ3n) is 4.44. The normalized spacial score (nSPS) is 11.1. The minimum Gasteiger partial charge on any atom is -0.385 e. The molecule has 0 heterocycles. The maximum atomic E-state index is 12.7. The lowest BCUT2D eigenvalue weighted by Gasteiger charge is -2.23. The number of rotatable bonds is 10. The standard InChI is InChI=1S/C22H29N3O5S/c1-16-12-17(2)14-18(13-16)25(31(4,28)29)15-21(26)24-20-9-6-5-8-19(20)22(27)23-10-7-11-30-3/h5-6,8-9,12-14H,7,10-11,15H2,1-4H3,(H,23,27)(H,24,26). The number of carbonyl (C=O) groups excluding carboxylic acids is 2. The first-order valence-corrected chi connectivity index (χ1v) is 11.7. The number of hydrogen-bond acceptors (Lipinski definition) is 5. The molecule has 31 heavy (non-hydrogen) atoms. The Hall–Kier alpha value is -2.91. The molecule has 2 aromatic carbocycles. The molecule has 0 radical (unpaired) electrons. The minimum absolute atomic E-state index is 0.297. The first kappa shape index (κ1) is 24.4. The van der Waals surface area contributed by atoms with Crippen LogP contribution in [0.25, 0.3) is 0 Å². The van der Waals surface area contributed by atoms with Crippen molar-refractivity contribution < 1.29 is 22.7 Å². The van der Waals surface area contributed by atoms with Crippen molar-refractivity contribution in [1.82, 2.24) is 5.32 Å². The molecule has 2 rings (SSSR count). The molecule has 2 aromatic rings. The van der Waals surface area contributed by atoms with Crippen molar-refractivity contribution in [2.24, 2.45) is 0 Å². The van der Waals surface area contributed by atoms with Crippen LogP contribution in [0.1, 0.15) is 27.9 Å². The molecule has 0 saturated heterocycles. The maximum Gasteiger partial charge on any atom is 0.253 e. The Balaban J connectivity index is 2.18. The van der Waals surface area contributed by atoms with Crippen LogP contribution in [0.15, 0.2) is 42.5 Å². The second-order valence-corrected chi connectivity index (χ2v) is 9.22. The fourth-order valence-electron chi connectivity index (χ4n) is 3.12. The zero-order chi connectivity index (χ0) is 23.0. The number of anilines is 2. The van der Waals surface area contributed by atoms with Crippen LogP contribution in [0, 0.1) is 13.8 Å². The topological polar surface area (TPSA) is 105 Å². The van der Waals surface area contributed by atoms with Gasteiger partial charge in [0.05, 0.1) is 23.2 Å². The van der Waals surface area contributed by atoms with Gasteiger partial charge in [-0.25, -0.2) is 8.42 Å². The number of nitrogens with one attached hydrogen (secondary N) is 2. The van der Waals surface area contributed by atoms with Gasteiger partial charge in [0.25, 0.3) is 5.91 Å². The number of ether oxygens (including phenoxy) is 1. The second-order valence-electron chi connectivity index (χ2n) is 7.31. The summed E-state index contributed by atoms with van der Waals surface area (Å²) >= 11 is 0. The summed E-state index contributed by atoms with van der Waals surface area (Å²) < 4.78 is 30.7. The summed E-state index contributed by atoms with van der Waals surface area (Å²) in [6, 6.07) is 11.9. The van der Waals surface area contributed by atoms with E-state index in [1.54, 1.807) is 43.5 Å². The zero-order valence-electron chi connectivity index (χ0n) is 18.3. The summed E-state index contributed by atoms with van der Waals surface area (Å²) in [5.74, 6) is -0.884. The van der Waals surface area contributed by atoms with Crippen molar-refractivity contribution in [3.63, 3.8) is 0 Å². The molecule has 2 amide bonds. The van der Waals surface area contributed by atoms with E-state index < -0.39 is 22.5 Å². The molecule has 168 valence electrons. The average molecular weight is 448 g/mol. The highest BCUT2D eigenvalue weighted by Gasteiger charge is 2.22. The number of aryl methyl sites for hydroxylation is 2. The van der Waals surface area contributed by atoms with Crippen LogP contribution in [-0.2, 0) is 19.6 Å². The Labute approximate surface area is 183 Å². The average Bonchev–Trinajstić information content (AvgIpc) is 2.68. The molecule has 0 spiro atoms. The number of hydrogen-bond donors (Lipinski definition) is 2. The van der Waals surface area contributed by atoms with E-state index >= 15 is 0 Å². The van der Waals surface area contributed by atoms with Crippen LogP contribution in [0.5, 0.6) is 0 Å². The highest BCUT2D eigenvalue weighted by molar-refractivity contribution is 7.92. The second kappa shape index (κ2) is 10.9. The Bertz CT molecular complexity index is 1020. The lowest BCUT2D eigenvalue weighted by Crippen LogP contribution is -2.38. The molecule has 8 nitrogen and oxygen atoms in total. The molecule has 0 atom stereocenters. The van der Waals surface area contributed by atoms with Gasteiger partial charge >= 0.3 is 0 Å². The maximum absolute atomic E-state index is 12.7. The van der Waals surface area contributed by atoms with E-state index in [9.17, 15) is 18.0 Å². The SMILES string of the molecule is COCCCNC(=O)c1ccccc1NC(=O)CN(c1cc(C)cc(C)c1)S(C)(=O)=O. The van der Waals surface area contributed by atoms with Crippen molar-refractivity contribution >= 4 is 33.2 Å². The van der Waals surface area contributed by atoms with Gasteiger partial charge in [0.1, 0.15) is 6.54 Å². The number of sulfonamides is 1. The van der Waals surface area contributed by atoms with E-state index in [-0.39, 0.29) is 5.91 Å². The molecule has 0 aliphatic carbocycles. The van der Waals surface area contributed by atoms with Gasteiger partial charge in [-0.1, -0.05) is 18.2 Å². The van der Waals surface area contributed by atoms with Crippen LogP contribution in [0.3, 0.4) is 0 Å². The van der Waals surface area contributed by atoms with E-state index in [0.29, 0.717) is 36.5 Å². The van der Waals surface area contributed by atoms with Crippen LogP contribution >= 0.6 is 0 Å². The van der Waals surface area contributed by atoms with Crippen LogP contribution in [0.2, 0.25) is 0 Å². The van der Waals surface area contributed by atoms with Crippen molar-refractivity contribution in [2.45, 2.75) is 20.3 Å². The van der Waals surface area contributed by atoms with Gasteiger partial charge in [-0.05, 0) is 55.7 Å². The molecule has 0 fully saturated rings. The van der Waals surface area contributed by atoms with Crippen LogP contribution in [0.4, 0.5) is 11.4 Å². The first-order valence-electron chi connectivity index (χ1n) is 9.84. The Kier molecular flexibility index (Phi) is 8.58. The Morgan fingerprint density at radius 1 is 1.06 bits per heavy atom. The number of para-hydroxylation sites is 1. The van der Waals surface area contributed by atoms with E-state index in [1.165, 1.54) is 0 Å². The molecule has 9 heteroatoms. The lowest BCUT2D eigenvalue weighted by atomic mass is 10.1.